The molecule has 0 unspecified atom stereocenters. The smallest absolute Gasteiger partial charge is 0.224 e. The van der Waals surface area contributed by atoms with Gasteiger partial charge in [-0.25, -0.2) is 0 Å². The standard InChI is InChI=1S/C22H25NO4/c24-22(12-10-16-9-11-20-21(15-16)26-14-13-25-20)23-18-7-3-4-8-19(18)27-17-5-1-2-6-17/h3-4,7-9,11,15,17H,1-2,5-6,10,12-14H2,(H,23,24). The molecule has 1 aliphatic heterocycles. The Morgan fingerprint density at radius 3 is 2.67 bits per heavy atom. The second-order valence-electron chi connectivity index (χ2n) is 7.05. The van der Waals surface area contributed by atoms with Crippen LogP contribution in [0.25, 0.3) is 0 Å². The van der Waals surface area contributed by atoms with Gasteiger partial charge in [0.15, 0.2) is 11.5 Å². The molecule has 2 aliphatic rings. The molecule has 1 fully saturated rings. The van der Waals surface area contributed by atoms with E-state index in [-0.39, 0.29) is 12.0 Å². The Balaban J connectivity index is 1.34. The molecule has 2 aromatic carbocycles. The zero-order valence-corrected chi connectivity index (χ0v) is 15.4. The van der Waals surface area contributed by atoms with Crippen molar-refractivity contribution in [3.63, 3.8) is 0 Å². The molecule has 0 spiro atoms. The summed E-state index contributed by atoms with van der Waals surface area (Å²) < 4.78 is 17.2. The monoisotopic (exact) mass is 367 g/mol. The second kappa shape index (κ2) is 8.33. The number of fused-ring (bicyclic) bond motifs is 1. The van der Waals surface area contributed by atoms with E-state index in [2.05, 4.69) is 5.32 Å². The predicted octanol–water partition coefficient (Wildman–Crippen LogP) is 4.35. The number of carbonyl (C=O) groups is 1. The fourth-order valence-electron chi connectivity index (χ4n) is 3.57. The molecular weight excluding hydrogens is 342 g/mol. The molecule has 0 bridgehead atoms. The zero-order chi connectivity index (χ0) is 18.5. The van der Waals surface area contributed by atoms with Crippen molar-refractivity contribution in [1.82, 2.24) is 0 Å². The number of hydrogen-bond acceptors (Lipinski definition) is 4. The zero-order valence-electron chi connectivity index (χ0n) is 15.4. The molecule has 4 rings (SSSR count). The normalized spacial score (nSPS) is 16.1. The lowest BCUT2D eigenvalue weighted by molar-refractivity contribution is -0.116. The molecule has 0 aromatic heterocycles. The lowest BCUT2D eigenvalue weighted by atomic mass is 10.1. The number of ether oxygens (including phenoxy) is 3. The third-order valence-corrected chi connectivity index (χ3v) is 5.00. The Morgan fingerprint density at radius 2 is 1.81 bits per heavy atom. The number of anilines is 1. The summed E-state index contributed by atoms with van der Waals surface area (Å²) in [6, 6.07) is 13.5. The van der Waals surface area contributed by atoms with Crippen molar-refractivity contribution in [2.75, 3.05) is 18.5 Å². The number of benzene rings is 2. The van der Waals surface area contributed by atoms with Crippen LogP contribution in [-0.4, -0.2) is 25.2 Å². The van der Waals surface area contributed by atoms with Crippen LogP contribution in [0, 0.1) is 0 Å². The molecule has 0 saturated heterocycles. The largest absolute Gasteiger partial charge is 0.488 e. The molecule has 0 atom stereocenters. The Hall–Kier alpha value is -2.69. The van der Waals surface area contributed by atoms with Gasteiger partial charge in [-0.2, -0.15) is 0 Å². The van der Waals surface area contributed by atoms with E-state index in [9.17, 15) is 4.79 Å². The molecule has 1 amide bonds. The Bertz CT molecular complexity index is 799. The average Bonchev–Trinajstić information content (AvgIpc) is 3.21. The van der Waals surface area contributed by atoms with Gasteiger partial charge in [0.25, 0.3) is 0 Å². The molecule has 1 aliphatic carbocycles. The van der Waals surface area contributed by atoms with Crippen molar-refractivity contribution in [1.29, 1.82) is 0 Å². The first kappa shape index (κ1) is 17.7. The van der Waals surface area contributed by atoms with E-state index >= 15 is 0 Å². The van der Waals surface area contributed by atoms with Crippen LogP contribution in [0.4, 0.5) is 5.69 Å². The molecule has 2 aromatic rings. The van der Waals surface area contributed by atoms with Gasteiger partial charge >= 0.3 is 0 Å². The quantitative estimate of drug-likeness (QED) is 0.825. The highest BCUT2D eigenvalue weighted by Gasteiger charge is 2.18. The van der Waals surface area contributed by atoms with E-state index in [1.54, 1.807) is 0 Å². The summed E-state index contributed by atoms with van der Waals surface area (Å²) in [6.07, 6.45) is 5.93. The topological polar surface area (TPSA) is 56.8 Å². The van der Waals surface area contributed by atoms with E-state index in [0.717, 1.165) is 41.3 Å². The number of carbonyl (C=O) groups excluding carboxylic acids is 1. The van der Waals surface area contributed by atoms with Gasteiger partial charge < -0.3 is 19.5 Å². The number of aryl methyl sites for hydroxylation is 1. The van der Waals surface area contributed by atoms with Crippen molar-refractivity contribution in [3.05, 3.63) is 48.0 Å². The molecule has 5 heteroatoms. The van der Waals surface area contributed by atoms with Gasteiger partial charge in [-0.3, -0.25) is 4.79 Å². The van der Waals surface area contributed by atoms with Crippen LogP contribution in [0.2, 0.25) is 0 Å². The minimum Gasteiger partial charge on any atom is -0.488 e. The molecular formula is C22H25NO4. The van der Waals surface area contributed by atoms with E-state index in [1.165, 1.54) is 12.8 Å². The van der Waals surface area contributed by atoms with Crippen LogP contribution in [0.1, 0.15) is 37.7 Å². The molecule has 5 nitrogen and oxygen atoms in total. The maximum Gasteiger partial charge on any atom is 0.224 e. The number of nitrogens with one attached hydrogen (secondary N) is 1. The number of para-hydroxylation sites is 2. The van der Waals surface area contributed by atoms with Crippen LogP contribution in [-0.2, 0) is 11.2 Å². The second-order valence-corrected chi connectivity index (χ2v) is 7.05. The summed E-state index contributed by atoms with van der Waals surface area (Å²) >= 11 is 0. The maximum atomic E-state index is 12.4. The third kappa shape index (κ3) is 4.54. The summed E-state index contributed by atoms with van der Waals surface area (Å²) in [5.74, 6) is 2.27. The summed E-state index contributed by atoms with van der Waals surface area (Å²) in [4.78, 5) is 12.4. The summed E-state index contributed by atoms with van der Waals surface area (Å²) in [5.41, 5.74) is 1.81. The maximum absolute atomic E-state index is 12.4. The van der Waals surface area contributed by atoms with Crippen molar-refractivity contribution in [2.45, 2.75) is 44.6 Å². The van der Waals surface area contributed by atoms with E-state index < -0.39 is 0 Å². The van der Waals surface area contributed by atoms with Gasteiger partial charge in [-0.1, -0.05) is 18.2 Å². The van der Waals surface area contributed by atoms with Crippen LogP contribution in [0.5, 0.6) is 17.2 Å². The van der Waals surface area contributed by atoms with Crippen molar-refractivity contribution < 1.29 is 19.0 Å². The lowest BCUT2D eigenvalue weighted by Gasteiger charge is -2.19. The Morgan fingerprint density at radius 1 is 1.04 bits per heavy atom. The average molecular weight is 367 g/mol. The van der Waals surface area contributed by atoms with E-state index in [0.29, 0.717) is 26.1 Å². The Kier molecular flexibility index (Phi) is 5.47. The molecule has 142 valence electrons. The fourth-order valence-corrected chi connectivity index (χ4v) is 3.57. The highest BCUT2D eigenvalue weighted by molar-refractivity contribution is 5.92. The SMILES string of the molecule is O=C(CCc1ccc2c(c1)OCCO2)Nc1ccccc1OC1CCCC1. The van der Waals surface area contributed by atoms with Gasteiger partial charge in [0, 0.05) is 6.42 Å². The van der Waals surface area contributed by atoms with Gasteiger partial charge in [-0.05, 0) is 61.9 Å². The van der Waals surface area contributed by atoms with Gasteiger partial charge in [0.2, 0.25) is 5.91 Å². The first-order valence-corrected chi connectivity index (χ1v) is 9.72. The first-order valence-electron chi connectivity index (χ1n) is 9.72. The molecule has 0 radical (unpaired) electrons. The first-order chi connectivity index (χ1) is 13.3. The number of amides is 1. The summed E-state index contributed by atoms with van der Waals surface area (Å²) in [7, 11) is 0. The van der Waals surface area contributed by atoms with Crippen molar-refractivity contribution in [3.8, 4) is 17.2 Å². The van der Waals surface area contributed by atoms with Crippen LogP contribution in [0.15, 0.2) is 42.5 Å². The van der Waals surface area contributed by atoms with Crippen molar-refractivity contribution in [2.24, 2.45) is 0 Å². The highest BCUT2D eigenvalue weighted by Crippen LogP contribution is 2.32. The summed E-state index contributed by atoms with van der Waals surface area (Å²) in [5, 5.41) is 3.00. The highest BCUT2D eigenvalue weighted by atomic mass is 16.6. The van der Waals surface area contributed by atoms with Gasteiger partial charge in [-0.15, -0.1) is 0 Å². The predicted molar refractivity (Wildman–Crippen MR) is 104 cm³/mol. The van der Waals surface area contributed by atoms with Crippen LogP contribution < -0.4 is 19.5 Å². The minimum absolute atomic E-state index is 0.0210. The molecule has 27 heavy (non-hydrogen) atoms. The molecule has 1 heterocycles. The van der Waals surface area contributed by atoms with Crippen LogP contribution in [0.3, 0.4) is 0 Å². The number of hydrogen-bond donors (Lipinski definition) is 1. The summed E-state index contributed by atoms with van der Waals surface area (Å²) in [6.45, 7) is 1.14. The van der Waals surface area contributed by atoms with E-state index in [4.69, 9.17) is 14.2 Å². The molecule has 1 N–H and O–H groups in total. The van der Waals surface area contributed by atoms with Crippen LogP contribution >= 0.6 is 0 Å². The molecule has 1 saturated carbocycles. The van der Waals surface area contributed by atoms with E-state index in [1.807, 2.05) is 42.5 Å². The Labute approximate surface area is 159 Å². The van der Waals surface area contributed by atoms with Gasteiger partial charge in [0.05, 0.1) is 11.8 Å². The third-order valence-electron chi connectivity index (χ3n) is 5.00. The lowest BCUT2D eigenvalue weighted by Crippen LogP contribution is -2.17. The fraction of sp³-hybridized carbons (Fsp3) is 0.409. The number of rotatable bonds is 6. The van der Waals surface area contributed by atoms with Gasteiger partial charge in [0.1, 0.15) is 19.0 Å². The van der Waals surface area contributed by atoms with Crippen molar-refractivity contribution >= 4 is 11.6 Å². The minimum atomic E-state index is -0.0210.